The molecular weight excluding hydrogens is 396 g/mol. The highest BCUT2D eigenvalue weighted by Crippen LogP contribution is 2.41. The van der Waals surface area contributed by atoms with Crippen LogP contribution in [0.25, 0.3) is 27.8 Å². The maximum absolute atomic E-state index is 14.4. The van der Waals surface area contributed by atoms with E-state index in [2.05, 4.69) is 32.3 Å². The van der Waals surface area contributed by atoms with Gasteiger partial charge in [-0.15, -0.1) is 0 Å². The summed E-state index contributed by atoms with van der Waals surface area (Å²) in [5.41, 5.74) is 4.81. The number of aryl methyl sites for hydroxylation is 1. The topological polar surface area (TPSA) is 45.5 Å². The van der Waals surface area contributed by atoms with Gasteiger partial charge in [-0.1, -0.05) is 0 Å². The summed E-state index contributed by atoms with van der Waals surface area (Å²) in [6.07, 6.45) is 6.24. The van der Waals surface area contributed by atoms with Crippen molar-refractivity contribution in [3.05, 3.63) is 60.1 Å². The van der Waals surface area contributed by atoms with Crippen LogP contribution in [0.3, 0.4) is 0 Å². The predicted molar refractivity (Wildman–Crippen MR) is 117 cm³/mol. The monoisotopic (exact) mass is 419 g/mol. The molecule has 3 aromatic heterocycles. The van der Waals surface area contributed by atoms with Crippen LogP contribution in [0.4, 0.5) is 14.5 Å². The zero-order chi connectivity index (χ0) is 21.2. The standard InChI is InChI=1S/C24H23F2N5/c1-15-8-18(19-9-16(25)10-20(26)23(19)29-15)21-12-28-22-11-17(2-7-31(21)22)30-13-24(14-30)3-5-27-6-4-24/h2,7-12,27H,3-6,13-14H2,1H3. The number of anilines is 1. The number of rotatable bonds is 2. The Morgan fingerprint density at radius 3 is 2.68 bits per heavy atom. The van der Waals surface area contributed by atoms with Gasteiger partial charge in [-0.25, -0.2) is 18.7 Å². The summed E-state index contributed by atoms with van der Waals surface area (Å²) in [6, 6.07) is 8.27. The summed E-state index contributed by atoms with van der Waals surface area (Å²) < 4.78 is 30.3. The lowest BCUT2D eigenvalue weighted by Gasteiger charge is -2.53. The molecular formula is C24H23F2N5. The molecule has 4 aromatic rings. The summed E-state index contributed by atoms with van der Waals surface area (Å²) in [5.74, 6) is -1.27. The van der Waals surface area contributed by atoms with E-state index in [-0.39, 0.29) is 5.52 Å². The van der Waals surface area contributed by atoms with Crippen LogP contribution in [0.15, 0.2) is 42.7 Å². The van der Waals surface area contributed by atoms with Gasteiger partial charge in [0.1, 0.15) is 17.0 Å². The smallest absolute Gasteiger partial charge is 0.152 e. The van der Waals surface area contributed by atoms with E-state index in [0.29, 0.717) is 16.5 Å². The van der Waals surface area contributed by atoms with Crippen LogP contribution in [0.2, 0.25) is 0 Å². The molecule has 0 radical (unpaired) electrons. The highest BCUT2D eigenvalue weighted by Gasteiger charge is 2.43. The fourth-order valence-electron chi connectivity index (χ4n) is 5.18. The third-order valence-electron chi connectivity index (χ3n) is 6.81. The first kappa shape index (κ1) is 18.7. The Balaban J connectivity index is 1.39. The van der Waals surface area contributed by atoms with Crippen molar-refractivity contribution in [1.29, 1.82) is 0 Å². The summed E-state index contributed by atoms with van der Waals surface area (Å²) in [7, 11) is 0. The van der Waals surface area contributed by atoms with E-state index in [4.69, 9.17) is 0 Å². The molecule has 0 bridgehead atoms. The number of pyridine rings is 2. The van der Waals surface area contributed by atoms with Crippen LogP contribution in [0.1, 0.15) is 18.5 Å². The van der Waals surface area contributed by atoms with E-state index in [1.54, 1.807) is 6.20 Å². The van der Waals surface area contributed by atoms with Crippen LogP contribution in [0.5, 0.6) is 0 Å². The van der Waals surface area contributed by atoms with Gasteiger partial charge in [-0.3, -0.25) is 4.40 Å². The Bertz CT molecular complexity index is 1310. The fraction of sp³-hybridized carbons (Fsp3) is 0.333. The molecule has 1 spiro atoms. The minimum atomic E-state index is -0.652. The van der Waals surface area contributed by atoms with E-state index >= 15 is 0 Å². The summed E-state index contributed by atoms with van der Waals surface area (Å²) in [4.78, 5) is 11.3. The number of hydrogen-bond acceptors (Lipinski definition) is 4. The van der Waals surface area contributed by atoms with Crippen molar-refractivity contribution in [3.8, 4) is 11.3 Å². The normalized spacial score (nSPS) is 18.1. The minimum Gasteiger partial charge on any atom is -0.370 e. The number of nitrogens with one attached hydrogen (secondary N) is 1. The van der Waals surface area contributed by atoms with E-state index in [1.807, 2.05) is 23.6 Å². The maximum atomic E-state index is 14.4. The van der Waals surface area contributed by atoms with Crippen LogP contribution in [-0.2, 0) is 0 Å². The first-order valence-corrected chi connectivity index (χ1v) is 10.7. The van der Waals surface area contributed by atoms with Gasteiger partial charge < -0.3 is 10.2 Å². The van der Waals surface area contributed by atoms with Gasteiger partial charge in [0.05, 0.1) is 11.9 Å². The van der Waals surface area contributed by atoms with Gasteiger partial charge >= 0.3 is 0 Å². The quantitative estimate of drug-likeness (QED) is 0.526. The van der Waals surface area contributed by atoms with Crippen molar-refractivity contribution in [1.82, 2.24) is 19.7 Å². The van der Waals surface area contributed by atoms with Crippen LogP contribution >= 0.6 is 0 Å². The molecule has 2 aliphatic rings. The lowest BCUT2D eigenvalue weighted by atomic mass is 9.72. The highest BCUT2D eigenvalue weighted by molar-refractivity contribution is 5.94. The first-order valence-electron chi connectivity index (χ1n) is 10.7. The molecule has 5 nitrogen and oxygen atoms in total. The van der Waals surface area contributed by atoms with Crippen molar-refractivity contribution in [2.45, 2.75) is 19.8 Å². The minimum absolute atomic E-state index is 0.177. The third kappa shape index (κ3) is 2.98. The molecule has 7 heteroatoms. The Kier molecular flexibility index (Phi) is 4.05. The molecule has 158 valence electrons. The predicted octanol–water partition coefficient (Wildman–Crippen LogP) is 4.33. The Morgan fingerprint density at radius 2 is 1.87 bits per heavy atom. The van der Waals surface area contributed by atoms with Gasteiger partial charge in [0.15, 0.2) is 5.82 Å². The Morgan fingerprint density at radius 1 is 1.06 bits per heavy atom. The molecule has 5 heterocycles. The molecule has 1 aromatic carbocycles. The van der Waals surface area contributed by atoms with E-state index in [0.717, 1.165) is 49.1 Å². The van der Waals surface area contributed by atoms with Gasteiger partial charge in [0.2, 0.25) is 0 Å². The molecule has 0 amide bonds. The molecule has 2 fully saturated rings. The van der Waals surface area contributed by atoms with Crippen LogP contribution in [-0.4, -0.2) is 40.5 Å². The maximum Gasteiger partial charge on any atom is 0.152 e. The van der Waals surface area contributed by atoms with E-state index < -0.39 is 11.6 Å². The highest BCUT2D eigenvalue weighted by atomic mass is 19.1. The molecule has 0 aliphatic carbocycles. The summed E-state index contributed by atoms with van der Waals surface area (Å²) >= 11 is 0. The number of piperidine rings is 1. The lowest BCUT2D eigenvalue weighted by Crippen LogP contribution is -2.60. The Hall–Kier alpha value is -3.06. The molecule has 0 saturated carbocycles. The molecule has 2 saturated heterocycles. The first-order chi connectivity index (χ1) is 15.0. The van der Waals surface area contributed by atoms with Crippen molar-refractivity contribution >= 4 is 22.2 Å². The van der Waals surface area contributed by atoms with Gasteiger partial charge in [0, 0.05) is 59.2 Å². The molecule has 0 atom stereocenters. The Labute approximate surface area is 178 Å². The van der Waals surface area contributed by atoms with Gasteiger partial charge in [-0.2, -0.15) is 0 Å². The molecule has 31 heavy (non-hydrogen) atoms. The van der Waals surface area contributed by atoms with Crippen LogP contribution in [0, 0.1) is 24.0 Å². The largest absolute Gasteiger partial charge is 0.370 e. The second kappa shape index (κ2) is 6.72. The number of aromatic nitrogens is 3. The molecule has 1 N–H and O–H groups in total. The molecule has 6 rings (SSSR count). The summed E-state index contributed by atoms with van der Waals surface area (Å²) in [6.45, 7) is 6.21. The summed E-state index contributed by atoms with van der Waals surface area (Å²) in [5, 5.41) is 3.89. The number of halogens is 2. The third-order valence-corrected chi connectivity index (χ3v) is 6.81. The average molecular weight is 419 g/mol. The average Bonchev–Trinajstić information content (AvgIpc) is 3.16. The number of fused-ring (bicyclic) bond motifs is 2. The van der Waals surface area contributed by atoms with Crippen molar-refractivity contribution in [2.24, 2.45) is 5.41 Å². The van der Waals surface area contributed by atoms with Gasteiger partial charge in [0.25, 0.3) is 0 Å². The number of imidazole rings is 1. The zero-order valence-electron chi connectivity index (χ0n) is 17.3. The van der Waals surface area contributed by atoms with E-state index in [9.17, 15) is 8.78 Å². The number of hydrogen-bond donors (Lipinski definition) is 1. The van der Waals surface area contributed by atoms with Crippen molar-refractivity contribution < 1.29 is 8.78 Å². The number of nitrogens with zero attached hydrogens (tertiary/aromatic N) is 4. The van der Waals surface area contributed by atoms with Crippen molar-refractivity contribution in [2.75, 3.05) is 31.1 Å². The fourth-order valence-corrected chi connectivity index (χ4v) is 5.18. The van der Waals surface area contributed by atoms with Crippen molar-refractivity contribution in [3.63, 3.8) is 0 Å². The number of benzene rings is 1. The van der Waals surface area contributed by atoms with Crippen LogP contribution < -0.4 is 10.2 Å². The second-order valence-electron chi connectivity index (χ2n) is 8.96. The molecule has 0 unspecified atom stereocenters. The zero-order valence-corrected chi connectivity index (χ0v) is 17.3. The van der Waals surface area contributed by atoms with Gasteiger partial charge in [-0.05, 0) is 51.1 Å². The van der Waals surface area contributed by atoms with E-state index in [1.165, 1.54) is 24.6 Å². The molecule has 2 aliphatic heterocycles. The lowest BCUT2D eigenvalue weighted by molar-refractivity contribution is 0.150. The second-order valence-corrected chi connectivity index (χ2v) is 8.96. The SMILES string of the molecule is Cc1cc(-c2cnc3cc(N4CC5(CCNCC5)C4)ccn23)c2cc(F)cc(F)c2n1.